The van der Waals surface area contributed by atoms with E-state index in [1.165, 1.54) is 38.2 Å². The van der Waals surface area contributed by atoms with E-state index >= 15 is 0 Å². The van der Waals surface area contributed by atoms with Crippen molar-refractivity contribution in [3.63, 3.8) is 0 Å². The molecule has 0 radical (unpaired) electrons. The molecule has 0 heterocycles. The van der Waals surface area contributed by atoms with Crippen molar-refractivity contribution in [2.75, 3.05) is 0 Å². The summed E-state index contributed by atoms with van der Waals surface area (Å²) in [6.45, 7) is 0. The van der Waals surface area contributed by atoms with Crippen LogP contribution in [0.4, 0.5) is 0 Å². The summed E-state index contributed by atoms with van der Waals surface area (Å²) in [5.74, 6) is 0. The van der Waals surface area contributed by atoms with Gasteiger partial charge in [0.15, 0.2) is 0 Å². The van der Waals surface area contributed by atoms with E-state index in [0.29, 0.717) is 0 Å². The Bertz CT molecular complexity index is 1280. The highest BCUT2D eigenvalue weighted by Crippen LogP contribution is 2.35. The van der Waals surface area contributed by atoms with Gasteiger partial charge in [-0.1, -0.05) is 84.4 Å². The fraction of sp³-hybridized carbons (Fsp3) is 0. The lowest BCUT2D eigenvalue weighted by molar-refractivity contribution is 1.63. The first-order chi connectivity index (χ1) is 13.3. The van der Waals surface area contributed by atoms with Gasteiger partial charge in [-0.25, -0.2) is 0 Å². The minimum atomic E-state index is 0.757. The summed E-state index contributed by atoms with van der Waals surface area (Å²) in [6.07, 6.45) is 0. The minimum Gasteiger partial charge on any atom is -0.0843 e. The van der Waals surface area contributed by atoms with Crippen molar-refractivity contribution in [3.05, 3.63) is 108 Å². The summed E-state index contributed by atoms with van der Waals surface area (Å²) in [5, 5.41) is 5.75. The second-order valence-corrected chi connectivity index (χ2v) is 7.25. The van der Waals surface area contributed by atoms with Crippen molar-refractivity contribution in [2.45, 2.75) is 0 Å². The quantitative estimate of drug-likeness (QED) is 0.298. The highest BCUT2D eigenvalue weighted by Gasteiger charge is 2.09. The highest BCUT2D eigenvalue weighted by molar-refractivity contribution is 6.31. The molecule has 0 aromatic heterocycles. The lowest BCUT2D eigenvalue weighted by Gasteiger charge is -2.12. The zero-order valence-electron chi connectivity index (χ0n) is 14.7. The van der Waals surface area contributed by atoms with Crippen LogP contribution in [0.3, 0.4) is 0 Å². The van der Waals surface area contributed by atoms with E-state index in [2.05, 4.69) is 84.9 Å². The van der Waals surface area contributed by atoms with E-state index in [1.807, 2.05) is 18.2 Å². The fourth-order valence-electron chi connectivity index (χ4n) is 3.74. The average Bonchev–Trinajstić information content (AvgIpc) is 2.72. The zero-order chi connectivity index (χ0) is 18.2. The molecule has 1 heteroatoms. The van der Waals surface area contributed by atoms with E-state index in [1.54, 1.807) is 0 Å². The van der Waals surface area contributed by atoms with Gasteiger partial charge in [-0.15, -0.1) is 0 Å². The van der Waals surface area contributed by atoms with Gasteiger partial charge in [-0.3, -0.25) is 0 Å². The summed E-state index contributed by atoms with van der Waals surface area (Å²) in [4.78, 5) is 0. The monoisotopic (exact) mass is 364 g/mol. The molecule has 0 nitrogen and oxygen atoms in total. The van der Waals surface area contributed by atoms with Gasteiger partial charge in [0, 0.05) is 5.02 Å². The number of rotatable bonds is 2. The van der Waals surface area contributed by atoms with Crippen molar-refractivity contribution in [2.24, 2.45) is 0 Å². The maximum absolute atomic E-state index is 6.27. The molecule has 0 saturated carbocycles. The molecule has 128 valence electrons. The molecule has 0 fully saturated rings. The molecule has 0 bridgehead atoms. The van der Waals surface area contributed by atoms with Gasteiger partial charge in [-0.2, -0.15) is 0 Å². The molecule has 0 atom stereocenters. The molecular weight excluding hydrogens is 348 g/mol. The summed E-state index contributed by atoms with van der Waals surface area (Å²) in [6, 6.07) is 36.3. The van der Waals surface area contributed by atoms with Gasteiger partial charge in [0.1, 0.15) is 0 Å². The molecule has 0 aliphatic heterocycles. The lowest BCUT2D eigenvalue weighted by Crippen LogP contribution is -1.86. The Balaban J connectivity index is 1.77. The molecular formula is C26H17Cl. The molecule has 27 heavy (non-hydrogen) atoms. The first-order valence-corrected chi connectivity index (χ1v) is 9.44. The molecule has 0 unspecified atom stereocenters. The van der Waals surface area contributed by atoms with Gasteiger partial charge < -0.3 is 0 Å². The van der Waals surface area contributed by atoms with Crippen molar-refractivity contribution in [1.29, 1.82) is 0 Å². The Labute approximate surface area is 163 Å². The molecule has 0 saturated heterocycles. The Hall–Kier alpha value is -3.09. The van der Waals surface area contributed by atoms with Crippen LogP contribution in [0, 0.1) is 0 Å². The average molecular weight is 365 g/mol. The Morgan fingerprint density at radius 1 is 0.444 bits per heavy atom. The van der Waals surface area contributed by atoms with Crippen molar-refractivity contribution >= 4 is 33.1 Å². The zero-order valence-corrected chi connectivity index (χ0v) is 15.4. The number of hydrogen-bond acceptors (Lipinski definition) is 0. The Morgan fingerprint density at radius 3 is 2.04 bits per heavy atom. The highest BCUT2D eigenvalue weighted by atomic mass is 35.5. The SMILES string of the molecule is Clc1cccc(-c2cc(-c3ccc4ccccc4c3)cc3ccccc23)c1. The smallest absolute Gasteiger partial charge is 0.0412 e. The van der Waals surface area contributed by atoms with Crippen molar-refractivity contribution in [3.8, 4) is 22.3 Å². The maximum Gasteiger partial charge on any atom is 0.0412 e. The second kappa shape index (κ2) is 6.57. The molecule has 5 rings (SSSR count). The van der Waals surface area contributed by atoms with Crippen LogP contribution in [0.1, 0.15) is 0 Å². The van der Waals surface area contributed by atoms with Crippen LogP contribution in [-0.2, 0) is 0 Å². The molecule has 0 aliphatic carbocycles. The normalized spacial score (nSPS) is 11.1. The molecule has 0 N–H and O–H groups in total. The van der Waals surface area contributed by atoms with E-state index < -0.39 is 0 Å². The summed E-state index contributed by atoms with van der Waals surface area (Å²) >= 11 is 6.27. The van der Waals surface area contributed by atoms with Gasteiger partial charge in [0.05, 0.1) is 0 Å². The van der Waals surface area contributed by atoms with E-state index in [0.717, 1.165) is 10.6 Å². The standard InChI is InChI=1S/C26H17Cl/c27-24-10-5-9-22(16-24)26-17-23(15-21-8-3-4-11-25(21)26)20-13-12-18-6-1-2-7-19(18)14-20/h1-17H. The van der Waals surface area contributed by atoms with Gasteiger partial charge in [0.2, 0.25) is 0 Å². The summed E-state index contributed by atoms with van der Waals surface area (Å²) in [5.41, 5.74) is 4.79. The van der Waals surface area contributed by atoms with Crippen LogP contribution in [0.15, 0.2) is 103 Å². The molecule has 0 aliphatic rings. The number of hydrogen-bond donors (Lipinski definition) is 0. The topological polar surface area (TPSA) is 0 Å². The van der Waals surface area contributed by atoms with Crippen LogP contribution >= 0.6 is 11.6 Å². The minimum absolute atomic E-state index is 0.757. The van der Waals surface area contributed by atoms with E-state index in [4.69, 9.17) is 11.6 Å². The van der Waals surface area contributed by atoms with E-state index in [-0.39, 0.29) is 0 Å². The summed E-state index contributed by atoms with van der Waals surface area (Å²) in [7, 11) is 0. The predicted octanol–water partition coefficient (Wildman–Crippen LogP) is 7.98. The van der Waals surface area contributed by atoms with Crippen molar-refractivity contribution in [1.82, 2.24) is 0 Å². The number of fused-ring (bicyclic) bond motifs is 2. The lowest BCUT2D eigenvalue weighted by atomic mass is 9.92. The molecule has 0 spiro atoms. The van der Waals surface area contributed by atoms with Crippen LogP contribution in [0.25, 0.3) is 43.8 Å². The molecule has 0 amide bonds. The van der Waals surface area contributed by atoms with Gasteiger partial charge >= 0.3 is 0 Å². The van der Waals surface area contributed by atoms with Crippen LogP contribution in [0.2, 0.25) is 5.02 Å². The first kappa shape index (κ1) is 16.1. The molecule has 5 aromatic rings. The van der Waals surface area contributed by atoms with Gasteiger partial charge in [-0.05, 0) is 74.1 Å². The number of benzene rings is 5. The number of halogens is 1. The van der Waals surface area contributed by atoms with Crippen LogP contribution in [0.5, 0.6) is 0 Å². The largest absolute Gasteiger partial charge is 0.0843 e. The van der Waals surface area contributed by atoms with Crippen LogP contribution in [-0.4, -0.2) is 0 Å². The third-order valence-electron chi connectivity index (χ3n) is 5.08. The van der Waals surface area contributed by atoms with Crippen LogP contribution < -0.4 is 0 Å². The Kier molecular flexibility index (Phi) is 3.92. The summed E-state index contributed by atoms with van der Waals surface area (Å²) < 4.78 is 0. The Morgan fingerprint density at radius 2 is 1.19 bits per heavy atom. The maximum atomic E-state index is 6.27. The first-order valence-electron chi connectivity index (χ1n) is 9.06. The third-order valence-corrected chi connectivity index (χ3v) is 5.32. The predicted molar refractivity (Wildman–Crippen MR) is 117 cm³/mol. The second-order valence-electron chi connectivity index (χ2n) is 6.82. The van der Waals surface area contributed by atoms with Gasteiger partial charge in [0.25, 0.3) is 0 Å². The molecule has 5 aromatic carbocycles. The van der Waals surface area contributed by atoms with Crippen molar-refractivity contribution < 1.29 is 0 Å². The third kappa shape index (κ3) is 2.99. The van der Waals surface area contributed by atoms with E-state index in [9.17, 15) is 0 Å². The fourth-order valence-corrected chi connectivity index (χ4v) is 3.93.